The van der Waals surface area contributed by atoms with Crippen LogP contribution in [0, 0.1) is 13.8 Å². The van der Waals surface area contributed by atoms with Gasteiger partial charge in [-0.1, -0.05) is 17.7 Å². The normalized spacial score (nSPS) is 11.2. The third-order valence-electron chi connectivity index (χ3n) is 2.70. The Morgan fingerprint density at radius 1 is 1.39 bits per heavy atom. The van der Waals surface area contributed by atoms with E-state index >= 15 is 0 Å². The number of ether oxygens (including phenoxy) is 1. The number of aryl methyl sites for hydroxylation is 2. The molecule has 1 aromatic rings. The summed E-state index contributed by atoms with van der Waals surface area (Å²) in [4.78, 5) is 11.6. The van der Waals surface area contributed by atoms with E-state index in [1.54, 1.807) is 7.11 Å². The molecular weight excluding hydrogens is 230 g/mol. The van der Waals surface area contributed by atoms with E-state index in [2.05, 4.69) is 5.32 Å². The third-order valence-corrected chi connectivity index (χ3v) is 2.70. The van der Waals surface area contributed by atoms with Crippen LogP contribution in [0.3, 0.4) is 0 Å². The van der Waals surface area contributed by atoms with E-state index in [1.807, 2.05) is 26.0 Å². The van der Waals surface area contributed by atoms with Crippen LogP contribution in [0.15, 0.2) is 12.1 Å². The number of rotatable bonds is 4. The van der Waals surface area contributed by atoms with Gasteiger partial charge >= 0.3 is 0 Å². The van der Waals surface area contributed by atoms with E-state index in [-0.39, 0.29) is 0 Å². The average Bonchev–Trinajstić information content (AvgIpc) is 2.23. The minimum Gasteiger partial charge on any atom is -0.496 e. The Bertz CT molecular complexity index is 447. The molecule has 0 aliphatic heterocycles. The number of nitrogens with one attached hydrogen (secondary N) is 1. The monoisotopic (exact) mass is 251 g/mol. The Morgan fingerprint density at radius 3 is 2.50 bits per heavy atom. The van der Waals surface area contributed by atoms with Crippen molar-refractivity contribution in [3.63, 3.8) is 0 Å². The number of carbonyl (C=O) groups excluding carboxylic acids is 1. The van der Waals surface area contributed by atoms with Crippen molar-refractivity contribution in [1.82, 2.24) is 5.32 Å². The number of hydrogen-bond donors (Lipinski definition) is 2. The number of aliphatic hydroxyl groups is 1. The lowest BCUT2D eigenvalue weighted by molar-refractivity contribution is -0.136. The fraction of sp³-hybridized carbons (Fsp3) is 0.500. The van der Waals surface area contributed by atoms with Crippen LogP contribution in [-0.4, -0.2) is 23.7 Å². The van der Waals surface area contributed by atoms with Gasteiger partial charge in [-0.15, -0.1) is 0 Å². The van der Waals surface area contributed by atoms with Gasteiger partial charge in [0.25, 0.3) is 5.91 Å². The molecule has 4 heteroatoms. The molecule has 0 radical (unpaired) electrons. The van der Waals surface area contributed by atoms with Gasteiger partial charge in [-0.2, -0.15) is 0 Å². The van der Waals surface area contributed by atoms with E-state index in [9.17, 15) is 9.90 Å². The molecule has 2 N–H and O–H groups in total. The van der Waals surface area contributed by atoms with Crippen LogP contribution in [0.1, 0.15) is 30.5 Å². The average molecular weight is 251 g/mol. The second-order valence-corrected chi connectivity index (χ2v) is 5.02. The highest BCUT2D eigenvalue weighted by Gasteiger charge is 2.23. The van der Waals surface area contributed by atoms with E-state index in [1.165, 1.54) is 13.8 Å². The molecule has 0 heterocycles. The molecule has 100 valence electrons. The first-order chi connectivity index (χ1) is 8.25. The van der Waals surface area contributed by atoms with Gasteiger partial charge in [0.1, 0.15) is 11.4 Å². The molecular formula is C14H21NO3. The van der Waals surface area contributed by atoms with Crippen LogP contribution < -0.4 is 10.1 Å². The Balaban J connectivity index is 2.88. The highest BCUT2D eigenvalue weighted by molar-refractivity contribution is 5.83. The molecule has 0 saturated carbocycles. The summed E-state index contributed by atoms with van der Waals surface area (Å²) >= 11 is 0. The molecule has 1 amide bonds. The van der Waals surface area contributed by atoms with Gasteiger partial charge in [0.05, 0.1) is 7.11 Å². The van der Waals surface area contributed by atoms with E-state index < -0.39 is 11.5 Å². The first-order valence-electron chi connectivity index (χ1n) is 5.90. The van der Waals surface area contributed by atoms with E-state index in [0.29, 0.717) is 6.54 Å². The van der Waals surface area contributed by atoms with Crippen molar-refractivity contribution in [3.05, 3.63) is 28.8 Å². The number of amides is 1. The predicted octanol–water partition coefficient (Wildman–Crippen LogP) is 1.70. The molecule has 18 heavy (non-hydrogen) atoms. The summed E-state index contributed by atoms with van der Waals surface area (Å²) < 4.78 is 5.34. The lowest BCUT2D eigenvalue weighted by Crippen LogP contribution is -2.41. The van der Waals surface area contributed by atoms with Gasteiger partial charge in [-0.25, -0.2) is 0 Å². The quantitative estimate of drug-likeness (QED) is 0.856. The van der Waals surface area contributed by atoms with Crippen molar-refractivity contribution in [3.8, 4) is 5.75 Å². The standard InChI is InChI=1S/C14H21NO3/c1-9-6-10(2)12(18-5)11(7-9)8-15-13(16)14(3,4)17/h6-7,17H,8H2,1-5H3,(H,15,16). The topological polar surface area (TPSA) is 58.6 Å². The zero-order valence-electron chi connectivity index (χ0n) is 11.6. The SMILES string of the molecule is COc1c(C)cc(C)cc1CNC(=O)C(C)(C)O. The molecule has 0 bridgehead atoms. The highest BCUT2D eigenvalue weighted by Crippen LogP contribution is 2.24. The van der Waals surface area contributed by atoms with Gasteiger partial charge in [0, 0.05) is 12.1 Å². The van der Waals surface area contributed by atoms with Crippen molar-refractivity contribution in [2.75, 3.05) is 7.11 Å². The van der Waals surface area contributed by atoms with Crippen molar-refractivity contribution in [1.29, 1.82) is 0 Å². The molecule has 0 aliphatic carbocycles. The maximum absolute atomic E-state index is 11.6. The molecule has 0 unspecified atom stereocenters. The van der Waals surface area contributed by atoms with Crippen molar-refractivity contribution in [2.45, 2.75) is 39.8 Å². The summed E-state index contributed by atoms with van der Waals surface area (Å²) in [6.45, 7) is 7.22. The first kappa shape index (κ1) is 14.5. The van der Waals surface area contributed by atoms with Crippen LogP contribution in [-0.2, 0) is 11.3 Å². The van der Waals surface area contributed by atoms with Crippen LogP contribution in [0.5, 0.6) is 5.75 Å². The molecule has 0 atom stereocenters. The van der Waals surface area contributed by atoms with Gasteiger partial charge in [-0.05, 0) is 33.3 Å². The molecule has 0 fully saturated rings. The van der Waals surface area contributed by atoms with Crippen molar-refractivity contribution >= 4 is 5.91 Å². The minimum absolute atomic E-state index is 0.342. The van der Waals surface area contributed by atoms with E-state index in [0.717, 1.165) is 22.4 Å². The Labute approximate surface area is 108 Å². The summed E-state index contributed by atoms with van der Waals surface area (Å²) in [7, 11) is 1.61. The number of benzene rings is 1. The second-order valence-electron chi connectivity index (χ2n) is 5.02. The van der Waals surface area contributed by atoms with Gasteiger partial charge in [0.2, 0.25) is 0 Å². The summed E-state index contributed by atoms with van der Waals surface area (Å²) in [6, 6.07) is 4.00. The molecule has 0 saturated heterocycles. The molecule has 4 nitrogen and oxygen atoms in total. The summed E-state index contributed by atoms with van der Waals surface area (Å²) in [5, 5.41) is 12.3. The Hall–Kier alpha value is -1.55. The zero-order valence-corrected chi connectivity index (χ0v) is 11.6. The molecule has 1 aromatic carbocycles. The predicted molar refractivity (Wildman–Crippen MR) is 70.6 cm³/mol. The highest BCUT2D eigenvalue weighted by atomic mass is 16.5. The molecule has 0 aliphatic rings. The van der Waals surface area contributed by atoms with Gasteiger partial charge in [-0.3, -0.25) is 4.79 Å². The number of hydrogen-bond acceptors (Lipinski definition) is 3. The molecule has 0 aromatic heterocycles. The number of carbonyl (C=O) groups is 1. The lowest BCUT2D eigenvalue weighted by Gasteiger charge is -2.18. The smallest absolute Gasteiger partial charge is 0.251 e. The maximum Gasteiger partial charge on any atom is 0.251 e. The maximum atomic E-state index is 11.6. The Morgan fingerprint density at radius 2 is 2.00 bits per heavy atom. The third kappa shape index (κ3) is 3.47. The van der Waals surface area contributed by atoms with Gasteiger partial charge in [0.15, 0.2) is 0 Å². The van der Waals surface area contributed by atoms with Crippen molar-refractivity contribution < 1.29 is 14.6 Å². The molecule has 0 spiro atoms. The Kier molecular flexibility index (Phi) is 4.35. The fourth-order valence-electron chi connectivity index (χ4n) is 1.86. The van der Waals surface area contributed by atoms with Crippen LogP contribution in [0.2, 0.25) is 0 Å². The number of methoxy groups -OCH3 is 1. The summed E-state index contributed by atoms with van der Waals surface area (Å²) in [5.41, 5.74) is 1.69. The van der Waals surface area contributed by atoms with Gasteiger partial charge < -0.3 is 15.2 Å². The second kappa shape index (κ2) is 5.40. The van der Waals surface area contributed by atoms with Crippen LogP contribution in [0.25, 0.3) is 0 Å². The summed E-state index contributed by atoms with van der Waals surface area (Å²) in [5.74, 6) is 0.375. The minimum atomic E-state index is -1.37. The van der Waals surface area contributed by atoms with Crippen molar-refractivity contribution in [2.24, 2.45) is 0 Å². The van der Waals surface area contributed by atoms with Crippen LogP contribution in [0.4, 0.5) is 0 Å². The fourth-order valence-corrected chi connectivity index (χ4v) is 1.86. The van der Waals surface area contributed by atoms with E-state index in [4.69, 9.17) is 4.74 Å². The largest absolute Gasteiger partial charge is 0.496 e. The first-order valence-corrected chi connectivity index (χ1v) is 5.90. The molecule has 1 rings (SSSR count). The zero-order chi connectivity index (χ0) is 13.9. The summed E-state index contributed by atoms with van der Waals surface area (Å²) in [6.07, 6.45) is 0. The van der Waals surface area contributed by atoms with Crippen LogP contribution >= 0.6 is 0 Å². The lowest BCUT2D eigenvalue weighted by atomic mass is 10.0.